The molecule has 3 rings (SSSR count). The van der Waals surface area contributed by atoms with Crippen LogP contribution in [0.2, 0.25) is 0 Å². The SMILES string of the molecule is C.CC(NC(=O)C1CCCN1C(=O)C(NC(=O)NC1(C)CCCCC1)C(C)(C)C)C(=O)C(N)=O.CC1(F)CCC1. The molecule has 40 heavy (non-hydrogen) atoms. The minimum Gasteiger partial charge on any atom is -0.363 e. The van der Waals surface area contributed by atoms with E-state index in [4.69, 9.17) is 5.73 Å². The molecule has 5 amide bonds. The number of Topliss-reactive ketones (excluding diaryl/α,β-unsaturated/α-hetero) is 1. The molecule has 0 radical (unpaired) electrons. The molecule has 2 saturated carbocycles. The molecule has 1 aliphatic heterocycles. The van der Waals surface area contributed by atoms with Crippen LogP contribution in [0, 0.1) is 5.41 Å². The van der Waals surface area contributed by atoms with Crippen molar-refractivity contribution in [2.24, 2.45) is 11.1 Å². The topological polar surface area (TPSA) is 151 Å². The molecule has 0 spiro atoms. The van der Waals surface area contributed by atoms with Gasteiger partial charge in [0.1, 0.15) is 17.8 Å². The van der Waals surface area contributed by atoms with Gasteiger partial charge in [0.2, 0.25) is 17.6 Å². The van der Waals surface area contributed by atoms with Crippen molar-refractivity contribution in [2.45, 2.75) is 143 Å². The summed E-state index contributed by atoms with van der Waals surface area (Å²) in [5, 5.41) is 8.38. The third-order valence-electron chi connectivity index (χ3n) is 7.99. The van der Waals surface area contributed by atoms with Crippen LogP contribution in [0.3, 0.4) is 0 Å². The number of likely N-dealkylation sites (tertiary alicyclic amines) is 1. The zero-order chi connectivity index (χ0) is 29.6. The van der Waals surface area contributed by atoms with Gasteiger partial charge in [-0.25, -0.2) is 9.18 Å². The highest BCUT2D eigenvalue weighted by Crippen LogP contribution is 2.34. The Morgan fingerprint density at radius 3 is 1.93 bits per heavy atom. The van der Waals surface area contributed by atoms with Crippen LogP contribution in [0.5, 0.6) is 0 Å². The summed E-state index contributed by atoms with van der Waals surface area (Å²) in [5.74, 6) is -2.90. The van der Waals surface area contributed by atoms with Gasteiger partial charge in [0.05, 0.1) is 6.04 Å². The zero-order valence-corrected chi connectivity index (χ0v) is 24.5. The summed E-state index contributed by atoms with van der Waals surface area (Å²) >= 11 is 0. The van der Waals surface area contributed by atoms with Gasteiger partial charge in [0, 0.05) is 12.1 Å². The number of carbonyl (C=O) groups is 5. The standard InChI is InChI=1S/C23H39N5O5.C5H9F.CH4/c1-14(16(29)18(24)30)25-19(31)15-10-9-13-28(15)20(32)17(22(2,3)4)26-21(33)27-23(5)11-7-6-8-12-23;1-5(6)3-2-4-5;/h14-15,17H,6-13H2,1-5H3,(H2,24,30)(H,25,31)(H2,26,27,33);2-4H2,1H3;1H4. The van der Waals surface area contributed by atoms with E-state index in [-0.39, 0.29) is 18.9 Å². The molecule has 230 valence electrons. The lowest BCUT2D eigenvalue weighted by Gasteiger charge is -2.38. The van der Waals surface area contributed by atoms with Crippen molar-refractivity contribution in [1.29, 1.82) is 0 Å². The number of amides is 5. The summed E-state index contributed by atoms with van der Waals surface area (Å²) in [6.45, 7) is 11.0. The maximum Gasteiger partial charge on any atom is 0.315 e. The van der Waals surface area contributed by atoms with E-state index in [0.29, 0.717) is 19.4 Å². The van der Waals surface area contributed by atoms with Crippen LogP contribution in [0.25, 0.3) is 0 Å². The molecule has 3 fully saturated rings. The summed E-state index contributed by atoms with van der Waals surface area (Å²) in [4.78, 5) is 63.4. The van der Waals surface area contributed by atoms with Crippen LogP contribution < -0.4 is 21.7 Å². The maximum absolute atomic E-state index is 13.5. The first-order chi connectivity index (χ1) is 18.0. The number of alkyl halides is 1. The molecule has 5 N–H and O–H groups in total. The number of hydrogen-bond acceptors (Lipinski definition) is 5. The fraction of sp³-hybridized carbons (Fsp3) is 0.828. The van der Waals surface area contributed by atoms with Crippen LogP contribution in [0.1, 0.15) is 113 Å². The van der Waals surface area contributed by atoms with Gasteiger partial charge in [-0.1, -0.05) is 47.5 Å². The predicted octanol–water partition coefficient (Wildman–Crippen LogP) is 3.51. The smallest absolute Gasteiger partial charge is 0.315 e. The Morgan fingerprint density at radius 2 is 1.48 bits per heavy atom. The van der Waals surface area contributed by atoms with E-state index < -0.39 is 52.8 Å². The van der Waals surface area contributed by atoms with E-state index in [0.717, 1.165) is 51.4 Å². The number of halogens is 1. The van der Waals surface area contributed by atoms with Crippen molar-refractivity contribution in [3.8, 4) is 0 Å². The predicted molar refractivity (Wildman–Crippen MR) is 153 cm³/mol. The first-order valence-corrected chi connectivity index (χ1v) is 14.2. The van der Waals surface area contributed by atoms with E-state index in [1.807, 2.05) is 27.7 Å². The largest absolute Gasteiger partial charge is 0.363 e. The number of rotatable bonds is 7. The quantitative estimate of drug-likeness (QED) is 0.346. The second-order valence-electron chi connectivity index (χ2n) is 12.9. The van der Waals surface area contributed by atoms with Crippen LogP contribution in [-0.4, -0.2) is 70.3 Å². The molecule has 3 aliphatic rings. The Hall–Kier alpha value is -2.72. The van der Waals surface area contributed by atoms with Gasteiger partial charge in [-0.05, 0) is 71.1 Å². The number of urea groups is 1. The van der Waals surface area contributed by atoms with Gasteiger partial charge >= 0.3 is 6.03 Å². The summed E-state index contributed by atoms with van der Waals surface area (Å²) in [7, 11) is 0. The fourth-order valence-corrected chi connectivity index (χ4v) is 5.27. The van der Waals surface area contributed by atoms with Gasteiger partial charge in [-0.2, -0.15) is 0 Å². The molecule has 0 aromatic carbocycles. The van der Waals surface area contributed by atoms with E-state index in [1.54, 1.807) is 6.92 Å². The van der Waals surface area contributed by atoms with Gasteiger partial charge in [-0.3, -0.25) is 19.2 Å². The van der Waals surface area contributed by atoms with Crippen molar-refractivity contribution >= 4 is 29.5 Å². The molecule has 1 saturated heterocycles. The molecular formula is C29H52FN5O5. The molecule has 0 aromatic heterocycles. The van der Waals surface area contributed by atoms with Gasteiger partial charge in [0.25, 0.3) is 5.91 Å². The lowest BCUT2D eigenvalue weighted by atomic mass is 9.83. The Labute approximate surface area is 239 Å². The number of nitrogens with one attached hydrogen (secondary N) is 3. The molecule has 0 bridgehead atoms. The maximum atomic E-state index is 13.5. The second kappa shape index (κ2) is 14.3. The van der Waals surface area contributed by atoms with Crippen LogP contribution >= 0.6 is 0 Å². The average Bonchev–Trinajstić information content (AvgIpc) is 3.30. The van der Waals surface area contributed by atoms with E-state index in [9.17, 15) is 28.4 Å². The van der Waals surface area contributed by atoms with E-state index in [1.165, 1.54) is 11.8 Å². The highest BCUT2D eigenvalue weighted by atomic mass is 19.1. The Bertz CT molecular complexity index is 920. The highest BCUT2D eigenvalue weighted by molar-refractivity contribution is 6.37. The molecule has 0 aromatic rings. The number of primary amides is 1. The number of nitrogens with two attached hydrogens (primary N) is 1. The monoisotopic (exact) mass is 569 g/mol. The van der Waals surface area contributed by atoms with Gasteiger partial charge in [-0.15, -0.1) is 0 Å². The third kappa shape index (κ3) is 10.0. The summed E-state index contributed by atoms with van der Waals surface area (Å²) in [5.41, 5.74) is 3.33. The minimum absolute atomic E-state index is 0. The van der Waals surface area contributed by atoms with Crippen LogP contribution in [-0.2, 0) is 19.2 Å². The van der Waals surface area contributed by atoms with Crippen molar-refractivity contribution in [2.75, 3.05) is 6.54 Å². The summed E-state index contributed by atoms with van der Waals surface area (Å²) < 4.78 is 12.2. The van der Waals surface area contributed by atoms with Gasteiger partial charge < -0.3 is 26.6 Å². The third-order valence-corrected chi connectivity index (χ3v) is 7.99. The second-order valence-corrected chi connectivity index (χ2v) is 12.9. The highest BCUT2D eigenvalue weighted by Gasteiger charge is 2.43. The minimum atomic E-state index is -1.13. The average molecular weight is 570 g/mol. The molecule has 1 heterocycles. The van der Waals surface area contributed by atoms with Crippen molar-refractivity contribution < 1.29 is 28.4 Å². The van der Waals surface area contributed by atoms with Crippen molar-refractivity contribution in [1.82, 2.24) is 20.9 Å². The molecule has 10 nitrogen and oxygen atoms in total. The van der Waals surface area contributed by atoms with Crippen molar-refractivity contribution in [3.63, 3.8) is 0 Å². The number of carbonyl (C=O) groups excluding carboxylic acids is 5. The molecule has 3 unspecified atom stereocenters. The zero-order valence-electron chi connectivity index (χ0n) is 24.5. The number of ketones is 1. The molecule has 2 aliphatic carbocycles. The lowest BCUT2D eigenvalue weighted by molar-refractivity contribution is -0.143. The number of hydrogen-bond donors (Lipinski definition) is 4. The van der Waals surface area contributed by atoms with Gasteiger partial charge in [0.15, 0.2) is 0 Å². The summed E-state index contributed by atoms with van der Waals surface area (Å²) in [6, 6.07) is -3.10. The van der Waals surface area contributed by atoms with Crippen LogP contribution in [0.15, 0.2) is 0 Å². The Kier molecular flexibility index (Phi) is 12.6. The first-order valence-electron chi connectivity index (χ1n) is 14.2. The fourth-order valence-electron chi connectivity index (χ4n) is 5.27. The Balaban J connectivity index is 0.00000101. The lowest BCUT2D eigenvalue weighted by Crippen LogP contribution is -2.61. The molecule has 11 heteroatoms. The van der Waals surface area contributed by atoms with Crippen LogP contribution in [0.4, 0.5) is 9.18 Å². The van der Waals surface area contributed by atoms with E-state index >= 15 is 0 Å². The number of nitrogens with zero attached hydrogens (tertiary/aromatic N) is 1. The molecular weight excluding hydrogens is 517 g/mol. The Morgan fingerprint density at radius 1 is 0.925 bits per heavy atom. The first kappa shape index (κ1) is 35.3. The van der Waals surface area contributed by atoms with Crippen molar-refractivity contribution in [3.05, 3.63) is 0 Å². The normalized spacial score (nSPS) is 22.6. The summed E-state index contributed by atoms with van der Waals surface area (Å²) in [6.07, 6.45) is 8.76. The molecule has 3 atom stereocenters. The van der Waals surface area contributed by atoms with E-state index in [2.05, 4.69) is 16.0 Å².